The first-order chi connectivity index (χ1) is 10.7. The van der Waals surface area contributed by atoms with E-state index in [0.29, 0.717) is 5.56 Å². The monoisotopic (exact) mass is 399 g/mol. The van der Waals surface area contributed by atoms with E-state index >= 15 is 0 Å². The van der Waals surface area contributed by atoms with E-state index in [1.807, 2.05) is 30.3 Å². The van der Waals surface area contributed by atoms with Gasteiger partial charge in [0.1, 0.15) is 0 Å². The summed E-state index contributed by atoms with van der Waals surface area (Å²) in [6.07, 6.45) is 2.20. The molecule has 1 N–H and O–H groups in total. The number of carbonyl (C=O) groups is 1. The van der Waals surface area contributed by atoms with E-state index < -0.39 is 0 Å². The predicted octanol–water partition coefficient (Wildman–Crippen LogP) is 4.80. The molecular formula is C19H14INO. The Morgan fingerprint density at radius 2 is 1.64 bits per heavy atom. The second-order valence-corrected chi connectivity index (χ2v) is 6.82. The Hall–Kier alpha value is -1.88. The Kier molecular flexibility index (Phi) is 3.37. The number of halogens is 1. The minimum atomic E-state index is -0.0601. The lowest BCUT2D eigenvalue weighted by atomic mass is 10.0. The molecule has 0 heterocycles. The van der Waals surface area contributed by atoms with Crippen LogP contribution < -0.4 is 5.32 Å². The molecule has 0 spiro atoms. The molecule has 22 heavy (non-hydrogen) atoms. The lowest BCUT2D eigenvalue weighted by Gasteiger charge is -2.10. The molecular weight excluding hydrogens is 385 g/mol. The van der Waals surface area contributed by atoms with Gasteiger partial charge in [-0.1, -0.05) is 24.3 Å². The number of hydrogen-bond donors (Lipinski definition) is 1. The first-order valence-corrected chi connectivity index (χ1v) is 8.41. The lowest BCUT2D eigenvalue weighted by molar-refractivity contribution is 0.102. The van der Waals surface area contributed by atoms with Gasteiger partial charge < -0.3 is 5.32 Å². The van der Waals surface area contributed by atoms with Gasteiger partial charge in [-0.3, -0.25) is 4.79 Å². The van der Waals surface area contributed by atoms with E-state index in [4.69, 9.17) is 0 Å². The molecule has 3 heteroatoms. The second kappa shape index (κ2) is 5.39. The lowest BCUT2D eigenvalue weighted by Crippen LogP contribution is -2.12. The van der Waals surface area contributed by atoms with Crippen LogP contribution in [0.5, 0.6) is 0 Å². The first-order valence-electron chi connectivity index (χ1n) is 7.33. The van der Waals surface area contributed by atoms with Gasteiger partial charge in [0, 0.05) is 20.2 Å². The summed E-state index contributed by atoms with van der Waals surface area (Å²) in [4.78, 5) is 12.4. The average Bonchev–Trinajstić information content (AvgIpc) is 2.95. The van der Waals surface area contributed by atoms with Gasteiger partial charge >= 0.3 is 0 Å². The number of amides is 1. The molecule has 1 amide bonds. The van der Waals surface area contributed by atoms with Crippen molar-refractivity contribution in [2.24, 2.45) is 0 Å². The molecule has 0 saturated heterocycles. The summed E-state index contributed by atoms with van der Waals surface area (Å²) < 4.78 is 1.12. The van der Waals surface area contributed by atoms with Crippen LogP contribution in [0.2, 0.25) is 0 Å². The van der Waals surface area contributed by atoms with Crippen LogP contribution in [0.25, 0.3) is 10.8 Å². The molecule has 0 aromatic heterocycles. The van der Waals surface area contributed by atoms with Crippen molar-refractivity contribution >= 4 is 45.0 Å². The standard InChI is InChI=1S/C19H14INO/c20-15-9-6-14(7-10-15)19(22)21-17-11-8-13-5-4-12-2-1-3-16(17)18(12)13/h1-3,6-11H,4-5H2,(H,21,22). The first kappa shape index (κ1) is 13.8. The number of carbonyl (C=O) groups excluding carboxylic acids is 1. The van der Waals surface area contributed by atoms with Crippen LogP contribution in [0.3, 0.4) is 0 Å². The number of hydrogen-bond acceptors (Lipinski definition) is 1. The minimum Gasteiger partial charge on any atom is -0.321 e. The molecule has 0 saturated carbocycles. The van der Waals surface area contributed by atoms with Gasteiger partial charge in [0.25, 0.3) is 5.91 Å². The van der Waals surface area contributed by atoms with E-state index in [9.17, 15) is 4.79 Å². The number of nitrogens with one attached hydrogen (secondary N) is 1. The summed E-state index contributed by atoms with van der Waals surface area (Å²) >= 11 is 2.24. The molecule has 0 unspecified atom stereocenters. The van der Waals surface area contributed by atoms with Crippen LogP contribution in [-0.2, 0) is 12.8 Å². The molecule has 0 radical (unpaired) electrons. The van der Waals surface area contributed by atoms with Gasteiger partial charge in [0.15, 0.2) is 0 Å². The second-order valence-electron chi connectivity index (χ2n) is 5.57. The largest absolute Gasteiger partial charge is 0.321 e. The Balaban J connectivity index is 1.73. The Bertz CT molecular complexity index is 874. The maximum Gasteiger partial charge on any atom is 0.255 e. The molecule has 108 valence electrons. The summed E-state index contributed by atoms with van der Waals surface area (Å²) in [7, 11) is 0. The summed E-state index contributed by atoms with van der Waals surface area (Å²) in [6, 6.07) is 18.1. The van der Waals surface area contributed by atoms with Gasteiger partial charge in [0.05, 0.1) is 0 Å². The quantitative estimate of drug-likeness (QED) is 0.617. The summed E-state index contributed by atoms with van der Waals surface area (Å²) in [5.74, 6) is -0.0601. The normalized spacial score (nSPS) is 12.6. The van der Waals surface area contributed by atoms with E-state index in [1.54, 1.807) is 0 Å². The molecule has 1 aliphatic carbocycles. The van der Waals surface area contributed by atoms with E-state index in [1.165, 1.54) is 16.5 Å². The van der Waals surface area contributed by atoms with Gasteiger partial charge in [-0.05, 0) is 82.3 Å². The van der Waals surface area contributed by atoms with Crippen molar-refractivity contribution in [2.75, 3.05) is 5.32 Å². The Morgan fingerprint density at radius 3 is 2.41 bits per heavy atom. The zero-order valence-corrected chi connectivity index (χ0v) is 14.1. The van der Waals surface area contributed by atoms with E-state index in [2.05, 4.69) is 52.2 Å². The number of aryl methyl sites for hydroxylation is 2. The molecule has 0 atom stereocenters. The zero-order chi connectivity index (χ0) is 15.1. The van der Waals surface area contributed by atoms with Gasteiger partial charge in [0.2, 0.25) is 0 Å². The van der Waals surface area contributed by atoms with Gasteiger partial charge in [-0.25, -0.2) is 0 Å². The molecule has 4 rings (SSSR count). The highest BCUT2D eigenvalue weighted by Crippen LogP contribution is 2.35. The average molecular weight is 399 g/mol. The van der Waals surface area contributed by atoms with Crippen LogP contribution in [0.4, 0.5) is 5.69 Å². The molecule has 1 aliphatic rings. The van der Waals surface area contributed by atoms with Crippen LogP contribution in [0, 0.1) is 3.57 Å². The minimum absolute atomic E-state index is 0.0601. The van der Waals surface area contributed by atoms with Crippen molar-refractivity contribution in [3.05, 3.63) is 74.9 Å². The summed E-state index contributed by atoms with van der Waals surface area (Å²) in [5, 5.41) is 5.53. The molecule has 3 aromatic rings. The molecule has 0 aliphatic heterocycles. The number of rotatable bonds is 2. The third kappa shape index (κ3) is 2.29. The third-order valence-electron chi connectivity index (χ3n) is 4.23. The number of anilines is 1. The number of benzene rings is 3. The highest BCUT2D eigenvalue weighted by atomic mass is 127. The van der Waals surface area contributed by atoms with Crippen molar-refractivity contribution in [3.63, 3.8) is 0 Å². The Labute approximate surface area is 142 Å². The molecule has 3 aromatic carbocycles. The third-order valence-corrected chi connectivity index (χ3v) is 4.95. The van der Waals surface area contributed by atoms with Crippen LogP contribution >= 0.6 is 22.6 Å². The topological polar surface area (TPSA) is 29.1 Å². The predicted molar refractivity (Wildman–Crippen MR) is 98.5 cm³/mol. The van der Waals surface area contributed by atoms with Crippen molar-refractivity contribution in [1.82, 2.24) is 0 Å². The summed E-state index contributed by atoms with van der Waals surface area (Å²) in [5.41, 5.74) is 4.35. The Morgan fingerprint density at radius 1 is 0.909 bits per heavy atom. The van der Waals surface area contributed by atoms with Crippen LogP contribution in [0.15, 0.2) is 54.6 Å². The molecule has 0 fully saturated rings. The van der Waals surface area contributed by atoms with Gasteiger partial charge in [-0.15, -0.1) is 0 Å². The van der Waals surface area contributed by atoms with E-state index in [-0.39, 0.29) is 5.91 Å². The van der Waals surface area contributed by atoms with Crippen molar-refractivity contribution < 1.29 is 4.79 Å². The highest BCUT2D eigenvalue weighted by Gasteiger charge is 2.16. The fraction of sp³-hybridized carbons (Fsp3) is 0.105. The molecule has 2 nitrogen and oxygen atoms in total. The van der Waals surface area contributed by atoms with Gasteiger partial charge in [-0.2, -0.15) is 0 Å². The SMILES string of the molecule is O=C(Nc1ccc2c3c(cccc13)CC2)c1ccc(I)cc1. The molecule has 0 bridgehead atoms. The fourth-order valence-corrected chi connectivity index (χ4v) is 3.51. The summed E-state index contributed by atoms with van der Waals surface area (Å²) in [6.45, 7) is 0. The smallest absolute Gasteiger partial charge is 0.255 e. The zero-order valence-electron chi connectivity index (χ0n) is 11.9. The fourth-order valence-electron chi connectivity index (χ4n) is 3.15. The van der Waals surface area contributed by atoms with Crippen molar-refractivity contribution in [1.29, 1.82) is 0 Å². The highest BCUT2D eigenvalue weighted by molar-refractivity contribution is 14.1. The van der Waals surface area contributed by atoms with Crippen molar-refractivity contribution in [2.45, 2.75) is 12.8 Å². The van der Waals surface area contributed by atoms with Crippen molar-refractivity contribution in [3.8, 4) is 0 Å². The van der Waals surface area contributed by atoms with Crippen LogP contribution in [0.1, 0.15) is 21.5 Å². The van der Waals surface area contributed by atoms with E-state index in [0.717, 1.165) is 27.5 Å². The maximum atomic E-state index is 12.4. The maximum absolute atomic E-state index is 12.4. The van der Waals surface area contributed by atoms with Crippen LogP contribution in [-0.4, -0.2) is 5.91 Å².